The Bertz CT molecular complexity index is 1590. The van der Waals surface area contributed by atoms with Crippen LogP contribution in [0.15, 0.2) is 36.4 Å². The monoisotopic (exact) mass is 609 g/mol. The van der Waals surface area contributed by atoms with Crippen molar-refractivity contribution in [2.24, 2.45) is 11.8 Å². The number of aromatic amines is 1. The molecule has 4 atom stereocenters. The maximum Gasteiger partial charge on any atom is 0.251 e. The zero-order chi connectivity index (χ0) is 31.9. The van der Waals surface area contributed by atoms with Gasteiger partial charge in [-0.2, -0.15) is 10.5 Å². The Hall–Kier alpha value is -4.63. The van der Waals surface area contributed by atoms with Crippen LogP contribution >= 0.6 is 0 Å². The minimum atomic E-state index is -0.925. The fourth-order valence-electron chi connectivity index (χ4n) is 7.43. The number of aromatic nitrogens is 4. The second kappa shape index (κ2) is 12.0. The molecule has 3 aromatic rings. The minimum absolute atomic E-state index is 0.0575. The van der Waals surface area contributed by atoms with Crippen molar-refractivity contribution in [2.45, 2.75) is 69.5 Å². The van der Waals surface area contributed by atoms with Crippen molar-refractivity contribution >= 4 is 17.7 Å². The molecule has 2 aromatic carbocycles. The molecule has 1 saturated carbocycles. The van der Waals surface area contributed by atoms with Gasteiger partial charge in [-0.05, 0) is 90.5 Å². The molecule has 2 heterocycles. The van der Waals surface area contributed by atoms with Crippen LogP contribution in [0.3, 0.4) is 0 Å². The Morgan fingerprint density at radius 2 is 1.64 bits per heavy atom. The van der Waals surface area contributed by atoms with Crippen LogP contribution in [0.5, 0.6) is 0 Å². The predicted octanol–water partition coefficient (Wildman–Crippen LogP) is 1.87. The maximum atomic E-state index is 13.5. The number of rotatable bonds is 9. The van der Waals surface area contributed by atoms with E-state index in [1.165, 1.54) is 0 Å². The van der Waals surface area contributed by atoms with E-state index < -0.39 is 5.41 Å². The summed E-state index contributed by atoms with van der Waals surface area (Å²) in [6.07, 6.45) is 3.47. The van der Waals surface area contributed by atoms with Crippen LogP contribution in [0.2, 0.25) is 0 Å². The van der Waals surface area contributed by atoms with Gasteiger partial charge in [0.1, 0.15) is 6.04 Å². The number of nitriles is 1. The third-order valence-corrected chi connectivity index (χ3v) is 9.89. The number of benzene rings is 2. The number of nitrogens with zero attached hydrogens (tertiary/aromatic N) is 5. The quantitative estimate of drug-likeness (QED) is 0.285. The van der Waals surface area contributed by atoms with Gasteiger partial charge in [0.25, 0.3) is 11.8 Å². The number of piperidine rings is 1. The van der Waals surface area contributed by atoms with Crippen LogP contribution in [-0.4, -0.2) is 82.0 Å². The van der Waals surface area contributed by atoms with E-state index in [4.69, 9.17) is 0 Å². The van der Waals surface area contributed by atoms with Crippen LogP contribution in [-0.2, 0) is 23.1 Å². The molecule has 12 nitrogen and oxygen atoms in total. The van der Waals surface area contributed by atoms with Crippen molar-refractivity contribution < 1.29 is 14.4 Å². The SMILES string of the molecule is CNC(=O)c1ccc2c(c1)CCc1cc(C(=O)NC)ccc1C2(C[C@H](NCC(=O)N1C(C#N)C[C@@H]2C[C@@H]21)C(C)C)c1nn[nH]n1. The molecule has 1 saturated heterocycles. The van der Waals surface area contributed by atoms with Crippen molar-refractivity contribution in [3.05, 3.63) is 75.6 Å². The van der Waals surface area contributed by atoms with Crippen LogP contribution in [0, 0.1) is 23.2 Å². The largest absolute Gasteiger partial charge is 0.355 e. The highest BCUT2D eigenvalue weighted by molar-refractivity contribution is 5.95. The number of amides is 3. The van der Waals surface area contributed by atoms with Crippen LogP contribution in [0.4, 0.5) is 0 Å². The first-order valence-corrected chi connectivity index (χ1v) is 15.6. The molecule has 1 aromatic heterocycles. The highest BCUT2D eigenvalue weighted by atomic mass is 16.2. The fraction of sp³-hybridized carbons (Fsp3) is 0.485. The highest BCUT2D eigenvalue weighted by Gasteiger charge is 2.54. The Morgan fingerprint density at radius 1 is 1.02 bits per heavy atom. The molecule has 0 bridgehead atoms. The lowest BCUT2D eigenvalue weighted by Crippen LogP contribution is -2.49. The topological polar surface area (TPSA) is 169 Å². The fourth-order valence-corrected chi connectivity index (χ4v) is 7.43. The van der Waals surface area contributed by atoms with Crippen LogP contribution in [0.25, 0.3) is 0 Å². The molecular weight excluding hydrogens is 570 g/mol. The molecule has 1 aliphatic heterocycles. The summed E-state index contributed by atoms with van der Waals surface area (Å²) in [5.74, 6) is 0.601. The summed E-state index contributed by atoms with van der Waals surface area (Å²) in [6.45, 7) is 4.33. The molecule has 234 valence electrons. The summed E-state index contributed by atoms with van der Waals surface area (Å²) in [4.78, 5) is 40.6. The van der Waals surface area contributed by atoms with Crippen molar-refractivity contribution in [3.63, 3.8) is 0 Å². The standard InChI is InChI=1S/C33H39N9O3/c1-18(2)27(37-17-29(43)42-24(16-34)13-23-14-28(23)42)15-33(32-38-40-41-39-32)25-9-7-21(30(44)35-3)11-19(25)5-6-20-12-22(31(45)36-4)8-10-26(20)33/h7-12,18,23-24,27-28,37H,5-6,13-15,17H2,1-4H3,(H,35,44)(H,36,45)(H,38,39,40,41)/t23-,24?,27+,28+/m1/s1. The van der Waals surface area contributed by atoms with Crippen LogP contribution < -0.4 is 16.0 Å². The first-order valence-electron chi connectivity index (χ1n) is 15.6. The van der Waals surface area contributed by atoms with Crippen molar-refractivity contribution in [1.82, 2.24) is 41.5 Å². The Kier molecular flexibility index (Phi) is 8.14. The molecule has 45 heavy (non-hydrogen) atoms. The summed E-state index contributed by atoms with van der Waals surface area (Å²) in [6, 6.07) is 13.4. The van der Waals surface area contributed by atoms with E-state index in [1.54, 1.807) is 19.0 Å². The third-order valence-electron chi connectivity index (χ3n) is 9.89. The average molecular weight is 610 g/mol. The normalized spacial score (nSPS) is 21.5. The molecule has 1 unspecified atom stereocenters. The van der Waals surface area contributed by atoms with Gasteiger partial charge in [0.2, 0.25) is 5.91 Å². The van der Waals surface area contributed by atoms with E-state index in [0.717, 1.165) is 35.1 Å². The van der Waals surface area contributed by atoms with Gasteiger partial charge in [0.05, 0.1) is 18.0 Å². The number of hydrogen-bond donors (Lipinski definition) is 4. The number of hydrogen-bond acceptors (Lipinski definition) is 8. The van der Waals surface area contributed by atoms with Gasteiger partial charge in [0, 0.05) is 37.3 Å². The van der Waals surface area contributed by atoms with Gasteiger partial charge in [-0.3, -0.25) is 14.4 Å². The van der Waals surface area contributed by atoms with Crippen molar-refractivity contribution in [1.29, 1.82) is 5.26 Å². The number of H-pyrrole nitrogens is 1. The van der Waals surface area contributed by atoms with E-state index >= 15 is 0 Å². The molecule has 0 spiro atoms. The average Bonchev–Trinajstić information content (AvgIpc) is 3.43. The maximum absolute atomic E-state index is 13.5. The predicted molar refractivity (Wildman–Crippen MR) is 165 cm³/mol. The second-order valence-electron chi connectivity index (χ2n) is 12.7. The van der Waals surface area contributed by atoms with E-state index in [0.29, 0.717) is 42.1 Å². The highest BCUT2D eigenvalue weighted by Crippen LogP contribution is 2.49. The molecule has 6 rings (SSSR count). The van der Waals surface area contributed by atoms with Gasteiger partial charge < -0.3 is 20.9 Å². The van der Waals surface area contributed by atoms with E-state index in [2.05, 4.69) is 56.5 Å². The zero-order valence-corrected chi connectivity index (χ0v) is 26.1. The van der Waals surface area contributed by atoms with E-state index in [-0.39, 0.29) is 48.3 Å². The van der Waals surface area contributed by atoms with Crippen LogP contribution in [0.1, 0.15) is 81.9 Å². The van der Waals surface area contributed by atoms with Crippen molar-refractivity contribution in [3.8, 4) is 6.07 Å². The summed E-state index contributed by atoms with van der Waals surface area (Å²) < 4.78 is 0. The van der Waals surface area contributed by atoms with Gasteiger partial charge >= 0.3 is 0 Å². The number of carbonyl (C=O) groups is 3. The van der Waals surface area contributed by atoms with Crippen molar-refractivity contribution in [2.75, 3.05) is 20.6 Å². The minimum Gasteiger partial charge on any atom is -0.355 e. The summed E-state index contributed by atoms with van der Waals surface area (Å²) in [7, 11) is 3.22. The molecule has 2 fully saturated rings. The number of likely N-dealkylation sites (tertiary alicyclic amines) is 1. The Labute approximate surface area is 262 Å². The molecule has 3 aliphatic rings. The number of fused-ring (bicyclic) bond motifs is 3. The van der Waals surface area contributed by atoms with Gasteiger partial charge in [0.15, 0.2) is 5.82 Å². The third kappa shape index (κ3) is 5.35. The number of nitrogens with one attached hydrogen (secondary N) is 4. The molecule has 2 aliphatic carbocycles. The Balaban J connectivity index is 1.45. The van der Waals surface area contributed by atoms with E-state index in [9.17, 15) is 19.6 Å². The number of carbonyl (C=O) groups excluding carboxylic acids is 3. The number of tetrazole rings is 1. The lowest BCUT2D eigenvalue weighted by atomic mass is 9.66. The zero-order valence-electron chi connectivity index (χ0n) is 26.1. The second-order valence-corrected chi connectivity index (χ2v) is 12.7. The number of aryl methyl sites for hydroxylation is 2. The molecule has 12 heteroatoms. The summed E-state index contributed by atoms with van der Waals surface area (Å²) in [5.41, 5.74) is 4.03. The first-order chi connectivity index (χ1) is 21.7. The lowest BCUT2D eigenvalue weighted by Gasteiger charge is -2.38. The Morgan fingerprint density at radius 3 is 2.16 bits per heavy atom. The van der Waals surface area contributed by atoms with Gasteiger partial charge in [-0.15, -0.1) is 10.2 Å². The van der Waals surface area contributed by atoms with E-state index in [1.807, 2.05) is 36.4 Å². The van der Waals surface area contributed by atoms with Gasteiger partial charge in [-0.25, -0.2) is 0 Å². The smallest absolute Gasteiger partial charge is 0.251 e. The molecule has 0 radical (unpaired) electrons. The van der Waals surface area contributed by atoms with Gasteiger partial charge in [-0.1, -0.05) is 31.2 Å². The molecule has 4 N–H and O–H groups in total. The first kappa shape index (κ1) is 30.4. The molecule has 3 amide bonds. The summed E-state index contributed by atoms with van der Waals surface area (Å²) in [5, 5.41) is 34.4. The lowest BCUT2D eigenvalue weighted by molar-refractivity contribution is -0.131. The molecular formula is C33H39N9O3. The summed E-state index contributed by atoms with van der Waals surface area (Å²) >= 11 is 0.